The summed E-state index contributed by atoms with van der Waals surface area (Å²) in [6.07, 6.45) is 3.60. The van der Waals surface area contributed by atoms with E-state index < -0.39 is 0 Å². The van der Waals surface area contributed by atoms with Gasteiger partial charge >= 0.3 is 0 Å². The molecule has 0 saturated heterocycles. The van der Waals surface area contributed by atoms with E-state index in [1.165, 1.54) is 24.3 Å². The summed E-state index contributed by atoms with van der Waals surface area (Å²) in [5.41, 5.74) is 0.888. The van der Waals surface area contributed by atoms with E-state index in [4.69, 9.17) is 0 Å². The van der Waals surface area contributed by atoms with E-state index in [9.17, 15) is 19.8 Å². The van der Waals surface area contributed by atoms with Crippen molar-refractivity contribution in [2.75, 3.05) is 13.1 Å². The summed E-state index contributed by atoms with van der Waals surface area (Å²) in [5.74, 6) is -0.241. The second kappa shape index (κ2) is 10.1. The first-order chi connectivity index (χ1) is 12.6. The van der Waals surface area contributed by atoms with Gasteiger partial charge in [-0.25, -0.2) is 0 Å². The van der Waals surface area contributed by atoms with Crippen LogP contribution in [0.1, 0.15) is 46.4 Å². The quantitative estimate of drug-likeness (QED) is 0.519. The smallest absolute Gasteiger partial charge is 0.251 e. The summed E-state index contributed by atoms with van der Waals surface area (Å²) in [4.78, 5) is 23.8. The lowest BCUT2D eigenvalue weighted by atomic mass is 10.1. The van der Waals surface area contributed by atoms with Crippen molar-refractivity contribution in [1.82, 2.24) is 10.6 Å². The maximum atomic E-state index is 11.9. The van der Waals surface area contributed by atoms with Crippen LogP contribution in [0.3, 0.4) is 0 Å². The molecule has 2 aromatic rings. The van der Waals surface area contributed by atoms with E-state index >= 15 is 0 Å². The molecule has 4 N–H and O–H groups in total. The number of phenolic OH excluding ortho intramolecular Hbond substituents is 2. The van der Waals surface area contributed by atoms with Crippen LogP contribution in [0.5, 0.6) is 11.5 Å². The molecule has 0 radical (unpaired) electrons. The third-order valence-corrected chi connectivity index (χ3v) is 3.89. The van der Waals surface area contributed by atoms with Gasteiger partial charge in [-0.2, -0.15) is 0 Å². The fourth-order valence-electron chi connectivity index (χ4n) is 2.51. The molecule has 6 nitrogen and oxygen atoms in total. The highest BCUT2D eigenvalue weighted by atomic mass is 16.3. The van der Waals surface area contributed by atoms with Crippen molar-refractivity contribution in [3.05, 3.63) is 59.7 Å². The number of hydrogen-bond donors (Lipinski definition) is 4. The van der Waals surface area contributed by atoms with Crippen molar-refractivity contribution >= 4 is 11.8 Å². The van der Waals surface area contributed by atoms with Crippen LogP contribution >= 0.6 is 0 Å². The van der Waals surface area contributed by atoms with Gasteiger partial charge in [0.25, 0.3) is 11.8 Å². The minimum absolute atomic E-state index is 0.0745. The molecule has 0 bridgehead atoms. The Labute approximate surface area is 152 Å². The minimum Gasteiger partial charge on any atom is -0.508 e. The summed E-state index contributed by atoms with van der Waals surface area (Å²) in [6.45, 7) is 1.15. The molecule has 0 aliphatic rings. The van der Waals surface area contributed by atoms with E-state index in [1.807, 2.05) is 0 Å². The number of rotatable bonds is 9. The van der Waals surface area contributed by atoms with Crippen LogP contribution in [0.4, 0.5) is 0 Å². The number of aromatic hydroxyl groups is 2. The largest absolute Gasteiger partial charge is 0.508 e. The lowest BCUT2D eigenvalue weighted by Crippen LogP contribution is -2.25. The van der Waals surface area contributed by atoms with E-state index in [-0.39, 0.29) is 23.3 Å². The fourth-order valence-corrected chi connectivity index (χ4v) is 2.51. The molecule has 2 aromatic carbocycles. The Morgan fingerprint density at radius 3 is 1.50 bits per heavy atom. The maximum absolute atomic E-state index is 11.9. The van der Waals surface area contributed by atoms with Gasteiger partial charge in [0, 0.05) is 24.2 Å². The number of benzene rings is 2. The zero-order valence-electron chi connectivity index (χ0n) is 14.6. The molecule has 0 saturated carbocycles. The molecule has 0 spiro atoms. The fraction of sp³-hybridized carbons (Fsp3) is 0.300. The predicted octanol–water partition coefficient (Wildman–Crippen LogP) is 2.82. The summed E-state index contributed by atoms with van der Waals surface area (Å²) in [6, 6.07) is 12.5. The number of nitrogens with one attached hydrogen (secondary N) is 2. The molecule has 0 fully saturated rings. The average molecular weight is 356 g/mol. The Morgan fingerprint density at radius 1 is 0.692 bits per heavy atom. The summed E-state index contributed by atoms with van der Waals surface area (Å²) < 4.78 is 0. The molecular formula is C20H24N2O4. The lowest BCUT2D eigenvalue weighted by molar-refractivity contribution is 0.0943. The maximum Gasteiger partial charge on any atom is 0.251 e. The zero-order valence-corrected chi connectivity index (χ0v) is 14.6. The highest BCUT2D eigenvalue weighted by Gasteiger charge is 2.06. The SMILES string of the molecule is O=C(NCCCCCCNC(=O)c1cccc(O)c1)c1cccc(O)c1. The van der Waals surface area contributed by atoms with Crippen LogP contribution in [0.25, 0.3) is 0 Å². The van der Waals surface area contributed by atoms with Crippen LogP contribution in [0, 0.1) is 0 Å². The standard InChI is InChI=1S/C20H24N2O4/c23-17-9-5-7-15(13-17)19(25)21-11-3-1-2-4-12-22-20(26)16-8-6-10-18(24)14-16/h5-10,13-14,23-24H,1-4,11-12H2,(H,21,25)(H,22,26). The van der Waals surface area contributed by atoms with Gasteiger partial charge in [-0.15, -0.1) is 0 Å². The molecule has 6 heteroatoms. The van der Waals surface area contributed by atoms with Gasteiger partial charge in [0.05, 0.1) is 0 Å². The molecule has 26 heavy (non-hydrogen) atoms. The molecule has 0 atom stereocenters. The molecule has 2 amide bonds. The normalized spacial score (nSPS) is 10.3. The van der Waals surface area contributed by atoms with Crippen molar-refractivity contribution in [2.45, 2.75) is 25.7 Å². The van der Waals surface area contributed by atoms with Gasteiger partial charge in [0.1, 0.15) is 11.5 Å². The van der Waals surface area contributed by atoms with Crippen molar-refractivity contribution in [1.29, 1.82) is 0 Å². The Kier molecular flexibility index (Phi) is 7.49. The summed E-state index contributed by atoms with van der Waals surface area (Å²) in [7, 11) is 0. The average Bonchev–Trinajstić information content (AvgIpc) is 2.63. The molecule has 2 rings (SSSR count). The topological polar surface area (TPSA) is 98.7 Å². The van der Waals surface area contributed by atoms with E-state index in [0.717, 1.165) is 25.7 Å². The zero-order chi connectivity index (χ0) is 18.8. The molecule has 0 unspecified atom stereocenters. The third kappa shape index (κ3) is 6.47. The van der Waals surface area contributed by atoms with Gasteiger partial charge in [-0.1, -0.05) is 25.0 Å². The monoisotopic (exact) mass is 356 g/mol. The molecule has 0 aromatic heterocycles. The van der Waals surface area contributed by atoms with Gasteiger partial charge in [-0.3, -0.25) is 9.59 Å². The molecule has 138 valence electrons. The Balaban J connectivity index is 1.53. The number of amides is 2. The van der Waals surface area contributed by atoms with Gasteiger partial charge in [0.15, 0.2) is 0 Å². The highest BCUT2D eigenvalue weighted by molar-refractivity contribution is 5.95. The van der Waals surface area contributed by atoms with Crippen molar-refractivity contribution in [3.63, 3.8) is 0 Å². The predicted molar refractivity (Wildman–Crippen MR) is 99.3 cm³/mol. The number of unbranched alkanes of at least 4 members (excludes halogenated alkanes) is 3. The van der Waals surface area contributed by atoms with Gasteiger partial charge in [-0.05, 0) is 49.2 Å². The summed E-state index contributed by atoms with van der Waals surface area (Å²) >= 11 is 0. The van der Waals surface area contributed by atoms with Crippen molar-refractivity contribution in [2.24, 2.45) is 0 Å². The number of carbonyl (C=O) groups is 2. The van der Waals surface area contributed by atoms with Gasteiger partial charge < -0.3 is 20.8 Å². The first-order valence-corrected chi connectivity index (χ1v) is 8.71. The van der Waals surface area contributed by atoms with E-state index in [2.05, 4.69) is 10.6 Å². The van der Waals surface area contributed by atoms with Crippen LogP contribution in [-0.2, 0) is 0 Å². The first kappa shape index (κ1) is 19.3. The summed E-state index contributed by atoms with van der Waals surface area (Å²) in [5, 5.41) is 24.4. The highest BCUT2D eigenvalue weighted by Crippen LogP contribution is 2.11. The Bertz CT molecular complexity index is 683. The second-order valence-corrected chi connectivity index (χ2v) is 6.03. The molecule has 0 aliphatic carbocycles. The van der Waals surface area contributed by atoms with Crippen LogP contribution in [-0.4, -0.2) is 35.1 Å². The first-order valence-electron chi connectivity index (χ1n) is 8.71. The van der Waals surface area contributed by atoms with Crippen LogP contribution in [0.2, 0.25) is 0 Å². The lowest BCUT2D eigenvalue weighted by Gasteiger charge is -2.07. The van der Waals surface area contributed by atoms with Crippen LogP contribution in [0.15, 0.2) is 48.5 Å². The minimum atomic E-state index is -0.195. The second-order valence-electron chi connectivity index (χ2n) is 6.03. The van der Waals surface area contributed by atoms with Crippen molar-refractivity contribution < 1.29 is 19.8 Å². The molecule has 0 heterocycles. The van der Waals surface area contributed by atoms with Crippen molar-refractivity contribution in [3.8, 4) is 11.5 Å². The molecule has 0 aliphatic heterocycles. The Hall–Kier alpha value is -3.02. The number of carbonyl (C=O) groups excluding carboxylic acids is 2. The van der Waals surface area contributed by atoms with E-state index in [1.54, 1.807) is 24.3 Å². The van der Waals surface area contributed by atoms with E-state index in [0.29, 0.717) is 24.2 Å². The Morgan fingerprint density at radius 2 is 1.12 bits per heavy atom. The molecular weight excluding hydrogens is 332 g/mol. The van der Waals surface area contributed by atoms with Gasteiger partial charge in [0.2, 0.25) is 0 Å². The number of hydrogen-bond acceptors (Lipinski definition) is 4. The van der Waals surface area contributed by atoms with Crippen LogP contribution < -0.4 is 10.6 Å². The third-order valence-electron chi connectivity index (χ3n) is 3.89. The number of phenols is 2.